The summed E-state index contributed by atoms with van der Waals surface area (Å²) < 4.78 is 0. The number of nitrogens with two attached hydrogens (primary N) is 2. The lowest BCUT2D eigenvalue weighted by atomic mass is 9.95. The van der Waals surface area contributed by atoms with Gasteiger partial charge in [-0.3, -0.25) is 9.59 Å². The summed E-state index contributed by atoms with van der Waals surface area (Å²) in [6.07, 6.45) is 9.83. The van der Waals surface area contributed by atoms with E-state index in [2.05, 4.69) is 6.92 Å². The summed E-state index contributed by atoms with van der Waals surface area (Å²) in [5.41, 5.74) is 10.4. The summed E-state index contributed by atoms with van der Waals surface area (Å²) in [5, 5.41) is 0. The highest BCUT2D eigenvalue weighted by Gasteiger charge is 2.12. The third-order valence-corrected chi connectivity index (χ3v) is 3.27. The lowest BCUT2D eigenvalue weighted by Crippen LogP contribution is -2.23. The van der Waals surface area contributed by atoms with Gasteiger partial charge in [-0.15, -0.1) is 0 Å². The highest BCUT2D eigenvalue weighted by Crippen LogP contribution is 2.16. The maximum Gasteiger partial charge on any atom is 0.220 e. The number of carbonyl (C=O) groups excluding carboxylic acids is 2. The van der Waals surface area contributed by atoms with Gasteiger partial charge >= 0.3 is 0 Å². The number of hydrogen-bond donors (Lipinski definition) is 2. The van der Waals surface area contributed by atoms with E-state index in [4.69, 9.17) is 11.5 Å². The van der Waals surface area contributed by atoms with E-state index < -0.39 is 0 Å². The van der Waals surface area contributed by atoms with Crippen LogP contribution in [0.5, 0.6) is 0 Å². The van der Waals surface area contributed by atoms with Crippen molar-refractivity contribution in [1.29, 1.82) is 0 Å². The van der Waals surface area contributed by atoms with E-state index >= 15 is 0 Å². The van der Waals surface area contributed by atoms with Crippen molar-refractivity contribution in [2.24, 2.45) is 17.4 Å². The molecule has 0 radical (unpaired) electrons. The maximum atomic E-state index is 11.1. The van der Waals surface area contributed by atoms with Crippen LogP contribution >= 0.6 is 0 Å². The third-order valence-electron chi connectivity index (χ3n) is 3.27. The van der Waals surface area contributed by atoms with Crippen molar-refractivity contribution in [3.63, 3.8) is 0 Å². The molecule has 0 bridgehead atoms. The Morgan fingerprint density at radius 2 is 1.44 bits per heavy atom. The molecular weight excluding hydrogens is 228 g/mol. The number of hydrogen-bond acceptors (Lipinski definition) is 2. The van der Waals surface area contributed by atoms with E-state index in [1.807, 2.05) is 0 Å². The fraction of sp³-hybridized carbons (Fsp3) is 0.857. The van der Waals surface area contributed by atoms with E-state index in [-0.39, 0.29) is 17.7 Å². The molecule has 0 aliphatic rings. The Hall–Kier alpha value is -1.06. The monoisotopic (exact) mass is 256 g/mol. The van der Waals surface area contributed by atoms with Gasteiger partial charge in [0.2, 0.25) is 11.8 Å². The van der Waals surface area contributed by atoms with E-state index in [0.29, 0.717) is 6.42 Å². The molecule has 2 amide bonds. The molecule has 18 heavy (non-hydrogen) atoms. The highest BCUT2D eigenvalue weighted by atomic mass is 16.1. The smallest absolute Gasteiger partial charge is 0.220 e. The molecule has 0 aromatic carbocycles. The zero-order chi connectivity index (χ0) is 13.8. The standard InChI is InChI=1S/C14H28N2O2/c1-2-9-12(14(16)18)10-7-5-3-4-6-8-11-13(15)17/h12H,2-11H2,1H3,(H2,15,17)(H2,16,18)/t12-/m1/s1. The molecule has 0 aliphatic carbocycles. The van der Waals surface area contributed by atoms with Crippen LogP contribution in [0.15, 0.2) is 0 Å². The summed E-state index contributed by atoms with van der Waals surface area (Å²) in [4.78, 5) is 21.7. The molecule has 0 fully saturated rings. The third kappa shape index (κ3) is 10.1. The summed E-state index contributed by atoms with van der Waals surface area (Å²) in [5.74, 6) is -0.304. The molecule has 0 aliphatic heterocycles. The van der Waals surface area contributed by atoms with Crippen molar-refractivity contribution in [2.45, 2.75) is 71.1 Å². The van der Waals surface area contributed by atoms with E-state index in [1.165, 1.54) is 0 Å². The molecule has 0 aromatic rings. The van der Waals surface area contributed by atoms with Crippen molar-refractivity contribution >= 4 is 11.8 Å². The van der Waals surface area contributed by atoms with E-state index in [1.54, 1.807) is 0 Å². The van der Waals surface area contributed by atoms with Gasteiger partial charge in [0, 0.05) is 12.3 Å². The van der Waals surface area contributed by atoms with Crippen molar-refractivity contribution in [3.8, 4) is 0 Å². The van der Waals surface area contributed by atoms with E-state index in [9.17, 15) is 9.59 Å². The minimum absolute atomic E-state index is 0.0601. The molecule has 0 heterocycles. The number of rotatable bonds is 12. The first-order valence-electron chi connectivity index (χ1n) is 7.15. The van der Waals surface area contributed by atoms with Gasteiger partial charge in [0.15, 0.2) is 0 Å². The van der Waals surface area contributed by atoms with Gasteiger partial charge in [0.05, 0.1) is 0 Å². The first-order valence-corrected chi connectivity index (χ1v) is 7.15. The van der Waals surface area contributed by atoms with Crippen LogP contribution in [-0.4, -0.2) is 11.8 Å². The minimum atomic E-state index is -0.209. The quantitative estimate of drug-likeness (QED) is 0.526. The summed E-state index contributed by atoms with van der Waals surface area (Å²) in [6, 6.07) is 0. The molecule has 4 heteroatoms. The average molecular weight is 256 g/mol. The summed E-state index contributed by atoms with van der Waals surface area (Å²) in [6.45, 7) is 2.08. The topological polar surface area (TPSA) is 86.2 Å². The molecule has 1 atom stereocenters. The fourth-order valence-corrected chi connectivity index (χ4v) is 2.17. The normalized spacial score (nSPS) is 12.3. The first-order chi connectivity index (χ1) is 8.57. The van der Waals surface area contributed by atoms with Gasteiger partial charge in [-0.25, -0.2) is 0 Å². The fourth-order valence-electron chi connectivity index (χ4n) is 2.17. The predicted octanol–water partition coefficient (Wildman–Crippen LogP) is 2.49. The van der Waals surface area contributed by atoms with Crippen LogP contribution in [0.1, 0.15) is 71.1 Å². The second-order valence-electron chi connectivity index (χ2n) is 5.01. The SMILES string of the molecule is CCC[C@H](CCCCCCCCC(N)=O)C(N)=O. The Labute approximate surface area is 110 Å². The number of amides is 2. The van der Waals surface area contributed by atoms with Crippen molar-refractivity contribution < 1.29 is 9.59 Å². The van der Waals surface area contributed by atoms with Gasteiger partial charge in [-0.2, -0.15) is 0 Å². The van der Waals surface area contributed by atoms with Gasteiger partial charge in [0.25, 0.3) is 0 Å². The van der Waals surface area contributed by atoms with Crippen LogP contribution in [0.2, 0.25) is 0 Å². The van der Waals surface area contributed by atoms with Crippen LogP contribution in [-0.2, 0) is 9.59 Å². The highest BCUT2D eigenvalue weighted by molar-refractivity contribution is 5.76. The lowest BCUT2D eigenvalue weighted by Gasteiger charge is -2.11. The van der Waals surface area contributed by atoms with Gasteiger partial charge in [-0.1, -0.05) is 45.4 Å². The van der Waals surface area contributed by atoms with Crippen LogP contribution < -0.4 is 11.5 Å². The second kappa shape index (κ2) is 11.1. The zero-order valence-electron chi connectivity index (χ0n) is 11.6. The molecule has 106 valence electrons. The van der Waals surface area contributed by atoms with Gasteiger partial charge in [-0.05, 0) is 19.3 Å². The Kier molecular flexibility index (Phi) is 10.4. The Bertz CT molecular complexity index is 242. The predicted molar refractivity (Wildman–Crippen MR) is 73.7 cm³/mol. The molecule has 0 spiro atoms. The number of primary amides is 2. The molecule has 0 aromatic heterocycles. The molecule has 0 saturated heterocycles. The zero-order valence-corrected chi connectivity index (χ0v) is 11.6. The molecule has 4 N–H and O–H groups in total. The molecule has 0 saturated carbocycles. The molecule has 0 rings (SSSR count). The van der Waals surface area contributed by atoms with Crippen LogP contribution in [0, 0.1) is 5.92 Å². The summed E-state index contributed by atoms with van der Waals surface area (Å²) >= 11 is 0. The molecule has 0 unspecified atom stereocenters. The van der Waals surface area contributed by atoms with Crippen LogP contribution in [0.3, 0.4) is 0 Å². The molecular formula is C14H28N2O2. The number of carbonyl (C=O) groups is 2. The first kappa shape index (κ1) is 16.9. The molecule has 4 nitrogen and oxygen atoms in total. The van der Waals surface area contributed by atoms with Crippen molar-refractivity contribution in [3.05, 3.63) is 0 Å². The second-order valence-corrected chi connectivity index (χ2v) is 5.01. The number of unbranched alkanes of at least 4 members (excludes halogenated alkanes) is 5. The van der Waals surface area contributed by atoms with Crippen LogP contribution in [0.4, 0.5) is 0 Å². The van der Waals surface area contributed by atoms with Gasteiger partial charge < -0.3 is 11.5 Å². The Balaban J connectivity index is 3.38. The summed E-state index contributed by atoms with van der Waals surface area (Å²) in [7, 11) is 0. The Morgan fingerprint density at radius 3 is 1.94 bits per heavy atom. The maximum absolute atomic E-state index is 11.1. The lowest BCUT2D eigenvalue weighted by molar-refractivity contribution is -0.122. The van der Waals surface area contributed by atoms with Crippen molar-refractivity contribution in [1.82, 2.24) is 0 Å². The van der Waals surface area contributed by atoms with Crippen LogP contribution in [0.25, 0.3) is 0 Å². The van der Waals surface area contributed by atoms with E-state index in [0.717, 1.165) is 57.8 Å². The minimum Gasteiger partial charge on any atom is -0.370 e. The van der Waals surface area contributed by atoms with Gasteiger partial charge in [0.1, 0.15) is 0 Å². The van der Waals surface area contributed by atoms with Crippen molar-refractivity contribution in [2.75, 3.05) is 0 Å². The average Bonchev–Trinajstić information content (AvgIpc) is 2.30. The largest absolute Gasteiger partial charge is 0.370 e. The Morgan fingerprint density at radius 1 is 0.889 bits per heavy atom.